The van der Waals surface area contributed by atoms with Crippen LogP contribution in [0.3, 0.4) is 0 Å². The summed E-state index contributed by atoms with van der Waals surface area (Å²) in [6.07, 6.45) is 0.597. The van der Waals surface area contributed by atoms with Crippen molar-refractivity contribution in [2.75, 3.05) is 0 Å². The molecule has 0 radical (unpaired) electrons. The van der Waals surface area contributed by atoms with Crippen molar-refractivity contribution >= 4 is 27.8 Å². The molecule has 6 heteroatoms. The Hall–Kier alpha value is -1.43. The van der Waals surface area contributed by atoms with E-state index in [1.54, 1.807) is 6.92 Å². The highest BCUT2D eigenvalue weighted by molar-refractivity contribution is 9.10. The maximum Gasteiger partial charge on any atom is 0.326 e. The van der Waals surface area contributed by atoms with Gasteiger partial charge in [-0.05, 0) is 24.1 Å². The maximum absolute atomic E-state index is 13.6. The van der Waals surface area contributed by atoms with Crippen LogP contribution in [-0.4, -0.2) is 23.0 Å². The molecular weight excluding hydrogens is 317 g/mol. The minimum atomic E-state index is -1.12. The number of hydrogen-bond donors (Lipinski definition) is 2. The first kappa shape index (κ1) is 15.6. The molecule has 1 amide bonds. The number of aliphatic carboxylic acids is 1. The number of rotatable bonds is 5. The standard InChI is InChI=1S/C13H15BrFNO3/c1-3-7(2)11(13(18)19)16-12(17)9-5-4-8(14)6-10(9)15/h4-7,11H,3H2,1-2H3,(H,16,17)(H,18,19)/t7?,11-/m0/s1. The van der Waals surface area contributed by atoms with Crippen LogP contribution in [0.15, 0.2) is 22.7 Å². The van der Waals surface area contributed by atoms with Crippen LogP contribution in [0.2, 0.25) is 0 Å². The van der Waals surface area contributed by atoms with E-state index in [1.807, 2.05) is 6.92 Å². The van der Waals surface area contributed by atoms with Crippen molar-refractivity contribution in [3.05, 3.63) is 34.1 Å². The van der Waals surface area contributed by atoms with Crippen molar-refractivity contribution < 1.29 is 19.1 Å². The number of carbonyl (C=O) groups excluding carboxylic acids is 1. The molecule has 0 spiro atoms. The number of carboxylic acids is 1. The Bertz CT molecular complexity index is 493. The van der Waals surface area contributed by atoms with E-state index >= 15 is 0 Å². The Morgan fingerprint density at radius 3 is 2.58 bits per heavy atom. The maximum atomic E-state index is 13.6. The van der Waals surface area contributed by atoms with Crippen molar-refractivity contribution in [1.29, 1.82) is 0 Å². The Morgan fingerprint density at radius 2 is 2.11 bits per heavy atom. The van der Waals surface area contributed by atoms with E-state index in [9.17, 15) is 14.0 Å². The molecule has 1 aromatic carbocycles. The first-order chi connectivity index (χ1) is 8.86. The fourth-order valence-corrected chi connectivity index (χ4v) is 1.91. The lowest BCUT2D eigenvalue weighted by Crippen LogP contribution is -2.45. The Kier molecular flexibility index (Phi) is 5.47. The van der Waals surface area contributed by atoms with Crippen LogP contribution >= 0.6 is 15.9 Å². The van der Waals surface area contributed by atoms with Crippen LogP contribution in [0.1, 0.15) is 30.6 Å². The number of benzene rings is 1. The molecule has 1 aromatic rings. The van der Waals surface area contributed by atoms with E-state index < -0.39 is 23.7 Å². The number of carboxylic acid groups (broad SMARTS) is 1. The monoisotopic (exact) mass is 331 g/mol. The molecule has 104 valence electrons. The molecule has 0 aliphatic heterocycles. The normalized spacial score (nSPS) is 13.7. The molecule has 0 saturated heterocycles. The van der Waals surface area contributed by atoms with Crippen molar-refractivity contribution in [3.63, 3.8) is 0 Å². The Labute approximate surface area is 119 Å². The number of hydrogen-bond acceptors (Lipinski definition) is 2. The first-order valence-electron chi connectivity index (χ1n) is 5.85. The van der Waals surface area contributed by atoms with Crippen LogP contribution in [0.5, 0.6) is 0 Å². The lowest BCUT2D eigenvalue weighted by molar-refractivity contribution is -0.140. The zero-order chi connectivity index (χ0) is 14.6. The summed E-state index contributed by atoms with van der Waals surface area (Å²) >= 11 is 3.09. The van der Waals surface area contributed by atoms with E-state index in [1.165, 1.54) is 12.1 Å². The van der Waals surface area contributed by atoms with Gasteiger partial charge in [0.2, 0.25) is 0 Å². The molecule has 2 atom stereocenters. The summed E-state index contributed by atoms with van der Waals surface area (Å²) < 4.78 is 14.1. The smallest absolute Gasteiger partial charge is 0.326 e. The second-order valence-corrected chi connectivity index (χ2v) is 5.21. The number of halogens is 2. The molecule has 0 fully saturated rings. The highest BCUT2D eigenvalue weighted by atomic mass is 79.9. The van der Waals surface area contributed by atoms with Gasteiger partial charge in [-0.25, -0.2) is 9.18 Å². The third-order valence-electron chi connectivity index (χ3n) is 2.94. The van der Waals surface area contributed by atoms with Gasteiger partial charge < -0.3 is 10.4 Å². The van der Waals surface area contributed by atoms with Gasteiger partial charge >= 0.3 is 5.97 Å². The molecule has 1 rings (SSSR count). The number of carbonyl (C=O) groups is 2. The SMILES string of the molecule is CCC(C)[C@H](NC(=O)c1ccc(Br)cc1F)C(=O)O. The van der Waals surface area contributed by atoms with Gasteiger partial charge in [0.05, 0.1) is 5.56 Å². The quantitative estimate of drug-likeness (QED) is 0.871. The van der Waals surface area contributed by atoms with Gasteiger partial charge in [0.15, 0.2) is 0 Å². The predicted molar refractivity (Wildman–Crippen MR) is 72.4 cm³/mol. The van der Waals surface area contributed by atoms with Crippen molar-refractivity contribution in [2.45, 2.75) is 26.3 Å². The third-order valence-corrected chi connectivity index (χ3v) is 3.43. The molecule has 0 heterocycles. The minimum Gasteiger partial charge on any atom is -0.480 e. The lowest BCUT2D eigenvalue weighted by Gasteiger charge is -2.20. The van der Waals surface area contributed by atoms with E-state index in [0.717, 1.165) is 6.07 Å². The highest BCUT2D eigenvalue weighted by Gasteiger charge is 2.26. The molecular formula is C13H15BrFNO3. The summed E-state index contributed by atoms with van der Waals surface area (Å²) in [7, 11) is 0. The second-order valence-electron chi connectivity index (χ2n) is 4.30. The molecule has 0 saturated carbocycles. The molecule has 19 heavy (non-hydrogen) atoms. The largest absolute Gasteiger partial charge is 0.480 e. The summed E-state index contributed by atoms with van der Waals surface area (Å²) in [5, 5.41) is 11.4. The molecule has 2 N–H and O–H groups in total. The summed E-state index contributed by atoms with van der Waals surface area (Å²) in [6, 6.07) is 2.97. The fraction of sp³-hybridized carbons (Fsp3) is 0.385. The molecule has 0 aliphatic carbocycles. The summed E-state index contributed by atoms with van der Waals surface area (Å²) in [5.74, 6) is -2.78. The van der Waals surface area contributed by atoms with E-state index in [2.05, 4.69) is 21.2 Å². The van der Waals surface area contributed by atoms with Crippen molar-refractivity contribution in [1.82, 2.24) is 5.32 Å². The predicted octanol–water partition coefficient (Wildman–Crippen LogP) is 2.82. The van der Waals surface area contributed by atoms with E-state index in [4.69, 9.17) is 5.11 Å². The highest BCUT2D eigenvalue weighted by Crippen LogP contribution is 2.16. The second kappa shape index (κ2) is 6.65. The molecule has 1 unspecified atom stereocenters. The summed E-state index contributed by atoms with van der Waals surface area (Å²) in [5.41, 5.74) is -0.169. The minimum absolute atomic E-state index is 0.169. The van der Waals surface area contributed by atoms with Crippen LogP contribution in [0.4, 0.5) is 4.39 Å². The van der Waals surface area contributed by atoms with Gasteiger partial charge in [-0.3, -0.25) is 4.79 Å². The van der Waals surface area contributed by atoms with Crippen molar-refractivity contribution in [3.8, 4) is 0 Å². The topological polar surface area (TPSA) is 66.4 Å². The van der Waals surface area contributed by atoms with E-state index in [-0.39, 0.29) is 11.5 Å². The van der Waals surface area contributed by atoms with Gasteiger partial charge in [-0.2, -0.15) is 0 Å². The average Bonchev–Trinajstić information content (AvgIpc) is 2.34. The molecule has 0 aliphatic rings. The lowest BCUT2D eigenvalue weighted by atomic mass is 9.99. The Balaban J connectivity index is 2.91. The first-order valence-corrected chi connectivity index (χ1v) is 6.64. The zero-order valence-corrected chi connectivity index (χ0v) is 12.2. The molecule has 0 aromatic heterocycles. The summed E-state index contributed by atoms with van der Waals surface area (Å²) in [4.78, 5) is 23.0. The molecule has 4 nitrogen and oxygen atoms in total. The fourth-order valence-electron chi connectivity index (χ4n) is 1.58. The van der Waals surface area contributed by atoms with Gasteiger partial charge in [0.25, 0.3) is 5.91 Å². The Morgan fingerprint density at radius 1 is 1.47 bits per heavy atom. The van der Waals surface area contributed by atoms with Gasteiger partial charge in [-0.1, -0.05) is 36.2 Å². The zero-order valence-electron chi connectivity index (χ0n) is 10.6. The number of nitrogens with one attached hydrogen (secondary N) is 1. The van der Waals surface area contributed by atoms with Gasteiger partial charge in [0, 0.05) is 4.47 Å². The van der Waals surface area contributed by atoms with Gasteiger partial charge in [0.1, 0.15) is 11.9 Å². The van der Waals surface area contributed by atoms with Crippen LogP contribution < -0.4 is 5.32 Å². The van der Waals surface area contributed by atoms with Crippen LogP contribution in [0, 0.1) is 11.7 Å². The summed E-state index contributed by atoms with van der Waals surface area (Å²) in [6.45, 7) is 3.55. The third kappa shape index (κ3) is 4.02. The molecule has 0 bridgehead atoms. The van der Waals surface area contributed by atoms with Crippen molar-refractivity contribution in [2.24, 2.45) is 5.92 Å². The van der Waals surface area contributed by atoms with Gasteiger partial charge in [-0.15, -0.1) is 0 Å². The van der Waals surface area contributed by atoms with Crippen LogP contribution in [0.25, 0.3) is 0 Å². The van der Waals surface area contributed by atoms with E-state index in [0.29, 0.717) is 10.9 Å². The average molecular weight is 332 g/mol. The number of amides is 1. The van der Waals surface area contributed by atoms with Crippen LogP contribution in [-0.2, 0) is 4.79 Å².